The molecule has 0 radical (unpaired) electrons. The maximum absolute atomic E-state index is 3.99. The molecule has 0 aromatic heterocycles. The second-order valence-corrected chi connectivity index (χ2v) is 9.17. The van der Waals surface area contributed by atoms with Crippen molar-refractivity contribution in [2.75, 3.05) is 0 Å². The third-order valence-electron chi connectivity index (χ3n) is 7.57. The summed E-state index contributed by atoms with van der Waals surface area (Å²) in [5.74, 6) is 5.50. The van der Waals surface area contributed by atoms with Gasteiger partial charge in [-0.2, -0.15) is 0 Å². The summed E-state index contributed by atoms with van der Waals surface area (Å²) in [6.07, 6.45) is 29.3. The molecule has 3 saturated carbocycles. The third kappa shape index (κ3) is 5.60. The summed E-state index contributed by atoms with van der Waals surface area (Å²) in [7, 11) is 0. The van der Waals surface area contributed by atoms with Gasteiger partial charge in [0.25, 0.3) is 0 Å². The summed E-state index contributed by atoms with van der Waals surface area (Å²) in [4.78, 5) is 0. The van der Waals surface area contributed by atoms with E-state index in [2.05, 4.69) is 43.9 Å². The van der Waals surface area contributed by atoms with Crippen molar-refractivity contribution in [1.29, 1.82) is 0 Å². The molecule has 3 aliphatic carbocycles. The van der Waals surface area contributed by atoms with E-state index in [4.69, 9.17) is 0 Å². The van der Waals surface area contributed by atoms with Gasteiger partial charge in [-0.05, 0) is 119 Å². The first-order valence-corrected chi connectivity index (χ1v) is 11.2. The van der Waals surface area contributed by atoms with Gasteiger partial charge in [-0.1, -0.05) is 30.4 Å². The van der Waals surface area contributed by atoms with E-state index in [1.54, 1.807) is 0 Å². The van der Waals surface area contributed by atoms with Crippen molar-refractivity contribution in [2.24, 2.45) is 35.5 Å². The number of allylic oxidation sites excluding steroid dienone is 5. The third-order valence-corrected chi connectivity index (χ3v) is 7.57. The lowest BCUT2D eigenvalue weighted by atomic mass is 9.69. The number of hydrogen-bond acceptors (Lipinski definition) is 0. The molecule has 0 N–H and O–H groups in total. The summed E-state index contributed by atoms with van der Waals surface area (Å²) in [6, 6.07) is 0. The molecule has 0 heterocycles. The van der Waals surface area contributed by atoms with Crippen molar-refractivity contribution in [3.63, 3.8) is 0 Å². The predicted octanol–water partition coefficient (Wildman–Crippen LogP) is 7.72. The summed E-state index contributed by atoms with van der Waals surface area (Å²) in [5.41, 5.74) is 0. The van der Waals surface area contributed by atoms with Gasteiger partial charge in [-0.15, -0.1) is 6.58 Å². The maximum Gasteiger partial charge on any atom is -0.0233 e. The molecule has 3 fully saturated rings. The zero-order chi connectivity index (χ0) is 17.5. The standard InChI is InChI=1S/C25H40/c1-3-5-21-6-8-22(9-7-21)10-11-23-14-18-25(19-15-23)24-16-12-20(4-2)13-17-24/h3-5,10-11,20-25H,2,6-9,12-19H2,1H3/b5-3+,11-10+. The van der Waals surface area contributed by atoms with Gasteiger partial charge in [0.05, 0.1) is 0 Å². The molecule has 0 aliphatic heterocycles. The van der Waals surface area contributed by atoms with Crippen molar-refractivity contribution >= 4 is 0 Å². The van der Waals surface area contributed by atoms with Crippen LogP contribution < -0.4 is 0 Å². The number of rotatable bonds is 5. The van der Waals surface area contributed by atoms with E-state index in [1.807, 2.05) is 0 Å². The topological polar surface area (TPSA) is 0 Å². The van der Waals surface area contributed by atoms with Crippen LogP contribution in [-0.2, 0) is 0 Å². The van der Waals surface area contributed by atoms with Crippen LogP contribution >= 0.6 is 0 Å². The molecular formula is C25H40. The lowest BCUT2D eigenvalue weighted by Crippen LogP contribution is -2.25. The molecule has 25 heavy (non-hydrogen) atoms. The molecule has 0 spiro atoms. The monoisotopic (exact) mass is 340 g/mol. The molecule has 0 heteroatoms. The van der Waals surface area contributed by atoms with E-state index in [0.29, 0.717) is 0 Å². The van der Waals surface area contributed by atoms with Crippen LogP contribution in [0.1, 0.15) is 84.0 Å². The van der Waals surface area contributed by atoms with E-state index in [0.717, 1.165) is 35.5 Å². The first kappa shape index (κ1) is 19.0. The van der Waals surface area contributed by atoms with Crippen LogP contribution in [0.15, 0.2) is 37.0 Å². The summed E-state index contributed by atoms with van der Waals surface area (Å²) in [6.45, 7) is 6.15. The molecular weight excluding hydrogens is 300 g/mol. The first-order chi connectivity index (χ1) is 12.3. The Morgan fingerprint density at radius 2 is 0.880 bits per heavy atom. The minimum atomic E-state index is 0.818. The zero-order valence-corrected chi connectivity index (χ0v) is 16.5. The van der Waals surface area contributed by atoms with Crippen molar-refractivity contribution in [2.45, 2.75) is 84.0 Å². The van der Waals surface area contributed by atoms with E-state index in [1.165, 1.54) is 77.0 Å². The van der Waals surface area contributed by atoms with Crippen LogP contribution in [0.3, 0.4) is 0 Å². The molecule has 0 bridgehead atoms. The largest absolute Gasteiger partial charge is 0.103 e. The minimum absolute atomic E-state index is 0.818. The second kappa shape index (κ2) is 9.79. The molecule has 0 aromatic rings. The van der Waals surface area contributed by atoms with Gasteiger partial charge in [-0.3, -0.25) is 0 Å². The Kier molecular flexibility index (Phi) is 7.44. The normalized spacial score (nSPS) is 40.5. The van der Waals surface area contributed by atoms with E-state index < -0.39 is 0 Å². The summed E-state index contributed by atoms with van der Waals surface area (Å²) < 4.78 is 0. The summed E-state index contributed by atoms with van der Waals surface area (Å²) >= 11 is 0. The molecule has 0 atom stereocenters. The average Bonchev–Trinajstić information content (AvgIpc) is 2.68. The fourth-order valence-corrected chi connectivity index (χ4v) is 5.78. The van der Waals surface area contributed by atoms with Gasteiger partial charge in [0.15, 0.2) is 0 Å². The fraction of sp³-hybridized carbons (Fsp3) is 0.760. The zero-order valence-electron chi connectivity index (χ0n) is 16.5. The van der Waals surface area contributed by atoms with Crippen LogP contribution in [0.2, 0.25) is 0 Å². The smallest absolute Gasteiger partial charge is 0.0233 e. The highest BCUT2D eigenvalue weighted by molar-refractivity contribution is 4.99. The van der Waals surface area contributed by atoms with Gasteiger partial charge in [-0.25, -0.2) is 0 Å². The molecule has 0 unspecified atom stereocenters. The van der Waals surface area contributed by atoms with Gasteiger partial charge in [0, 0.05) is 0 Å². The molecule has 0 aromatic carbocycles. The number of hydrogen-bond donors (Lipinski definition) is 0. The van der Waals surface area contributed by atoms with Gasteiger partial charge < -0.3 is 0 Å². The van der Waals surface area contributed by atoms with Crippen LogP contribution in [-0.4, -0.2) is 0 Å². The minimum Gasteiger partial charge on any atom is -0.103 e. The highest BCUT2D eigenvalue weighted by atomic mass is 14.3. The van der Waals surface area contributed by atoms with Gasteiger partial charge in [0.2, 0.25) is 0 Å². The molecule has 0 nitrogen and oxygen atoms in total. The van der Waals surface area contributed by atoms with E-state index in [-0.39, 0.29) is 0 Å². The highest BCUT2D eigenvalue weighted by Crippen LogP contribution is 2.42. The average molecular weight is 341 g/mol. The quantitative estimate of drug-likeness (QED) is 0.449. The SMILES string of the molecule is C=CC1CCC(C2CCC(/C=C/C3CCC(/C=C/C)CC3)CC2)CC1. The lowest BCUT2D eigenvalue weighted by molar-refractivity contribution is 0.166. The Morgan fingerprint density at radius 1 is 0.520 bits per heavy atom. The van der Waals surface area contributed by atoms with Crippen molar-refractivity contribution in [3.8, 4) is 0 Å². The Morgan fingerprint density at radius 3 is 1.28 bits per heavy atom. The maximum atomic E-state index is 3.99. The van der Waals surface area contributed by atoms with Crippen molar-refractivity contribution < 1.29 is 0 Å². The van der Waals surface area contributed by atoms with Gasteiger partial charge in [0.1, 0.15) is 0 Å². The van der Waals surface area contributed by atoms with Crippen molar-refractivity contribution in [3.05, 3.63) is 37.0 Å². The second-order valence-electron chi connectivity index (χ2n) is 9.17. The van der Waals surface area contributed by atoms with Crippen molar-refractivity contribution in [1.82, 2.24) is 0 Å². The van der Waals surface area contributed by atoms with Crippen LogP contribution in [0.25, 0.3) is 0 Å². The molecule has 3 rings (SSSR count). The predicted molar refractivity (Wildman–Crippen MR) is 110 cm³/mol. The molecule has 140 valence electrons. The Balaban J connectivity index is 1.36. The van der Waals surface area contributed by atoms with E-state index in [9.17, 15) is 0 Å². The fourth-order valence-electron chi connectivity index (χ4n) is 5.78. The first-order valence-electron chi connectivity index (χ1n) is 11.2. The van der Waals surface area contributed by atoms with Crippen LogP contribution in [0, 0.1) is 35.5 Å². The van der Waals surface area contributed by atoms with Crippen LogP contribution in [0.4, 0.5) is 0 Å². The van der Waals surface area contributed by atoms with Gasteiger partial charge >= 0.3 is 0 Å². The van der Waals surface area contributed by atoms with E-state index >= 15 is 0 Å². The Hall–Kier alpha value is -0.780. The molecule has 3 aliphatic rings. The Bertz CT molecular complexity index is 433. The van der Waals surface area contributed by atoms with Crippen LogP contribution in [0.5, 0.6) is 0 Å². The Labute approximate surface area is 156 Å². The molecule has 0 amide bonds. The summed E-state index contributed by atoms with van der Waals surface area (Å²) in [5, 5.41) is 0. The molecule has 0 saturated heterocycles. The highest BCUT2D eigenvalue weighted by Gasteiger charge is 2.29. The lowest BCUT2D eigenvalue weighted by Gasteiger charge is -2.37.